The second-order valence-electron chi connectivity index (χ2n) is 5.51. The highest BCUT2D eigenvalue weighted by Crippen LogP contribution is 2.08. The molecule has 3 nitrogen and oxygen atoms in total. The lowest BCUT2D eigenvalue weighted by atomic mass is 10.1. The predicted octanol–water partition coefficient (Wildman–Crippen LogP) is 5.39. The van der Waals surface area contributed by atoms with Gasteiger partial charge in [-0.05, 0) is 19.8 Å². The van der Waals surface area contributed by atoms with E-state index in [9.17, 15) is 4.79 Å². The lowest BCUT2D eigenvalue weighted by Crippen LogP contribution is -2.33. The van der Waals surface area contributed by atoms with E-state index in [0.717, 1.165) is 25.9 Å². The maximum atomic E-state index is 11.9. The summed E-state index contributed by atoms with van der Waals surface area (Å²) in [6.07, 6.45) is 12.2. The van der Waals surface area contributed by atoms with Crippen molar-refractivity contribution in [1.29, 1.82) is 0 Å². The minimum absolute atomic E-state index is 0.126. The van der Waals surface area contributed by atoms with Gasteiger partial charge in [0, 0.05) is 13.1 Å². The van der Waals surface area contributed by atoms with E-state index in [1.54, 1.807) is 0 Å². The number of rotatable bonds is 13. The molecule has 0 fully saturated rings. The zero-order valence-electron chi connectivity index (χ0n) is 14.0. The number of hydrogen-bond acceptors (Lipinski definition) is 2. The molecule has 0 N–H and O–H groups in total. The Morgan fingerprint density at radius 1 is 0.750 bits per heavy atom. The van der Waals surface area contributed by atoms with E-state index in [2.05, 4.69) is 13.8 Å². The first-order chi connectivity index (χ1) is 9.76. The number of amides is 1. The van der Waals surface area contributed by atoms with E-state index < -0.39 is 0 Å². The van der Waals surface area contributed by atoms with Crippen LogP contribution in [-0.2, 0) is 4.74 Å². The van der Waals surface area contributed by atoms with Crippen molar-refractivity contribution in [2.45, 2.75) is 85.0 Å². The summed E-state index contributed by atoms with van der Waals surface area (Å²) in [7, 11) is 0. The zero-order valence-corrected chi connectivity index (χ0v) is 14.0. The van der Waals surface area contributed by atoms with Crippen molar-refractivity contribution >= 4 is 6.09 Å². The zero-order chi connectivity index (χ0) is 15.1. The normalized spacial score (nSPS) is 10.6. The summed E-state index contributed by atoms with van der Waals surface area (Å²) in [6.45, 7) is 8.51. The molecule has 0 saturated carbocycles. The van der Waals surface area contributed by atoms with Gasteiger partial charge < -0.3 is 9.64 Å². The van der Waals surface area contributed by atoms with Crippen LogP contribution < -0.4 is 0 Å². The fraction of sp³-hybridized carbons (Fsp3) is 0.941. The molecule has 0 unspecified atom stereocenters. The van der Waals surface area contributed by atoms with E-state index in [1.807, 2.05) is 11.8 Å². The van der Waals surface area contributed by atoms with E-state index in [4.69, 9.17) is 4.74 Å². The van der Waals surface area contributed by atoms with Crippen LogP contribution in [0.3, 0.4) is 0 Å². The molecular formula is C17H35NO2. The maximum Gasteiger partial charge on any atom is 0.409 e. The molecule has 0 spiro atoms. The molecule has 0 atom stereocenters. The number of nitrogens with zero attached hydrogens (tertiary/aromatic N) is 1. The third-order valence-corrected chi connectivity index (χ3v) is 3.59. The number of carbonyl (C=O) groups excluding carboxylic acids is 1. The third kappa shape index (κ3) is 11.1. The van der Waals surface area contributed by atoms with Crippen molar-refractivity contribution in [2.24, 2.45) is 0 Å². The van der Waals surface area contributed by atoms with Crippen molar-refractivity contribution < 1.29 is 9.53 Å². The number of unbranched alkanes of at least 4 members (excludes halogenated alkanes) is 8. The molecule has 0 aromatic carbocycles. The SMILES string of the molecule is CCCCCCCN(CCCCCCC)C(=O)OCC. The van der Waals surface area contributed by atoms with Crippen LogP contribution in [-0.4, -0.2) is 30.7 Å². The number of hydrogen-bond donors (Lipinski definition) is 0. The smallest absolute Gasteiger partial charge is 0.409 e. The Morgan fingerprint density at radius 2 is 1.20 bits per heavy atom. The molecule has 0 bridgehead atoms. The van der Waals surface area contributed by atoms with Gasteiger partial charge in [0.2, 0.25) is 0 Å². The molecule has 0 saturated heterocycles. The Balaban J connectivity index is 3.85. The van der Waals surface area contributed by atoms with E-state index in [0.29, 0.717) is 6.61 Å². The van der Waals surface area contributed by atoms with Gasteiger partial charge in [0.1, 0.15) is 0 Å². The maximum absolute atomic E-state index is 11.9. The van der Waals surface area contributed by atoms with Crippen LogP contribution >= 0.6 is 0 Å². The molecule has 1 amide bonds. The highest BCUT2D eigenvalue weighted by molar-refractivity contribution is 5.67. The van der Waals surface area contributed by atoms with Crippen LogP contribution in [0.15, 0.2) is 0 Å². The minimum atomic E-state index is -0.126. The average molecular weight is 285 g/mol. The number of ether oxygens (including phenoxy) is 1. The Bertz CT molecular complexity index is 205. The summed E-state index contributed by atoms with van der Waals surface area (Å²) in [5.74, 6) is 0. The van der Waals surface area contributed by atoms with Gasteiger partial charge in [-0.2, -0.15) is 0 Å². The number of carbonyl (C=O) groups is 1. The lowest BCUT2D eigenvalue weighted by Gasteiger charge is -2.21. The van der Waals surface area contributed by atoms with Gasteiger partial charge in [0.25, 0.3) is 0 Å². The minimum Gasteiger partial charge on any atom is -0.450 e. The molecule has 0 heterocycles. The largest absolute Gasteiger partial charge is 0.450 e. The van der Waals surface area contributed by atoms with Crippen LogP contribution in [0.5, 0.6) is 0 Å². The summed E-state index contributed by atoms with van der Waals surface area (Å²) in [6, 6.07) is 0. The average Bonchev–Trinajstić information content (AvgIpc) is 2.44. The third-order valence-electron chi connectivity index (χ3n) is 3.59. The molecule has 3 heteroatoms. The topological polar surface area (TPSA) is 29.5 Å². The Labute approximate surface area is 126 Å². The van der Waals surface area contributed by atoms with E-state index in [-0.39, 0.29) is 6.09 Å². The molecule has 0 aromatic rings. The van der Waals surface area contributed by atoms with Crippen LogP contribution in [0.25, 0.3) is 0 Å². The summed E-state index contributed by atoms with van der Waals surface area (Å²) < 4.78 is 5.15. The van der Waals surface area contributed by atoms with Gasteiger partial charge in [-0.1, -0.05) is 65.2 Å². The second-order valence-corrected chi connectivity index (χ2v) is 5.51. The van der Waals surface area contributed by atoms with Gasteiger partial charge in [0.15, 0.2) is 0 Å². The first-order valence-corrected chi connectivity index (χ1v) is 8.67. The van der Waals surface area contributed by atoms with Crippen molar-refractivity contribution in [3.63, 3.8) is 0 Å². The second kappa shape index (κ2) is 14.7. The Morgan fingerprint density at radius 3 is 1.60 bits per heavy atom. The van der Waals surface area contributed by atoms with Crippen molar-refractivity contribution in [2.75, 3.05) is 19.7 Å². The van der Waals surface area contributed by atoms with Crippen molar-refractivity contribution in [3.8, 4) is 0 Å². The first-order valence-electron chi connectivity index (χ1n) is 8.67. The molecule has 0 aliphatic rings. The lowest BCUT2D eigenvalue weighted by molar-refractivity contribution is 0.105. The Hall–Kier alpha value is -0.730. The van der Waals surface area contributed by atoms with E-state index in [1.165, 1.54) is 51.4 Å². The summed E-state index contributed by atoms with van der Waals surface area (Å²) in [5, 5.41) is 0. The quantitative estimate of drug-likeness (QED) is 0.425. The molecule has 0 aliphatic heterocycles. The summed E-state index contributed by atoms with van der Waals surface area (Å²) in [5.41, 5.74) is 0. The fourth-order valence-electron chi connectivity index (χ4n) is 2.32. The van der Waals surface area contributed by atoms with Crippen LogP contribution in [0.1, 0.15) is 85.0 Å². The molecule has 0 radical (unpaired) electrons. The molecule has 0 aromatic heterocycles. The van der Waals surface area contributed by atoms with Gasteiger partial charge in [-0.15, -0.1) is 0 Å². The molecule has 120 valence electrons. The summed E-state index contributed by atoms with van der Waals surface area (Å²) in [4.78, 5) is 13.8. The van der Waals surface area contributed by atoms with Gasteiger partial charge >= 0.3 is 6.09 Å². The molecular weight excluding hydrogens is 250 g/mol. The van der Waals surface area contributed by atoms with Gasteiger partial charge in [-0.3, -0.25) is 0 Å². The molecule has 0 rings (SSSR count). The van der Waals surface area contributed by atoms with Crippen molar-refractivity contribution in [3.05, 3.63) is 0 Å². The highest BCUT2D eigenvalue weighted by atomic mass is 16.6. The molecule has 20 heavy (non-hydrogen) atoms. The predicted molar refractivity (Wildman–Crippen MR) is 86.1 cm³/mol. The first kappa shape index (κ1) is 19.3. The Kier molecular flexibility index (Phi) is 14.1. The van der Waals surface area contributed by atoms with E-state index >= 15 is 0 Å². The molecule has 0 aliphatic carbocycles. The van der Waals surface area contributed by atoms with Gasteiger partial charge in [-0.25, -0.2) is 4.79 Å². The summed E-state index contributed by atoms with van der Waals surface area (Å²) >= 11 is 0. The van der Waals surface area contributed by atoms with Crippen LogP contribution in [0.4, 0.5) is 4.79 Å². The van der Waals surface area contributed by atoms with Crippen molar-refractivity contribution in [1.82, 2.24) is 4.90 Å². The fourth-order valence-corrected chi connectivity index (χ4v) is 2.32. The van der Waals surface area contributed by atoms with Gasteiger partial charge in [0.05, 0.1) is 6.61 Å². The standard InChI is InChI=1S/C17H35NO2/c1-4-7-9-11-13-15-18(17(19)20-6-3)16-14-12-10-8-5-2/h4-16H2,1-3H3. The van der Waals surface area contributed by atoms with Crippen LogP contribution in [0.2, 0.25) is 0 Å². The highest BCUT2D eigenvalue weighted by Gasteiger charge is 2.13. The monoisotopic (exact) mass is 285 g/mol. The van der Waals surface area contributed by atoms with Crippen LogP contribution in [0, 0.1) is 0 Å².